The molecule has 0 saturated heterocycles. The highest BCUT2D eigenvalue weighted by Crippen LogP contribution is 2.13. The van der Waals surface area contributed by atoms with E-state index < -0.39 is 5.97 Å². The summed E-state index contributed by atoms with van der Waals surface area (Å²) in [5.74, 6) is 0.0320. The van der Waals surface area contributed by atoms with Crippen LogP contribution in [0.3, 0.4) is 0 Å². The Balaban J connectivity index is 4.64. The zero-order valence-corrected chi connectivity index (χ0v) is 7.77. The zero-order valence-electron chi connectivity index (χ0n) is 6.96. The highest BCUT2D eigenvalue weighted by atomic mass is 32.2. The number of carbonyl (C=O) groups excluding carboxylic acids is 1. The summed E-state index contributed by atoms with van der Waals surface area (Å²) in [6.07, 6.45) is 0. The number of rotatable bonds is 3. The van der Waals surface area contributed by atoms with Crippen molar-refractivity contribution in [3.8, 4) is 6.07 Å². The van der Waals surface area contributed by atoms with E-state index in [0.29, 0.717) is 5.75 Å². The smallest absolute Gasteiger partial charge is 0.351 e. The number of nitriles is 1. The highest BCUT2D eigenvalue weighted by molar-refractivity contribution is 8.03. The van der Waals surface area contributed by atoms with Crippen LogP contribution in [0.4, 0.5) is 0 Å². The van der Waals surface area contributed by atoms with Crippen LogP contribution >= 0.6 is 11.8 Å². The molecule has 66 valence electrons. The van der Waals surface area contributed by atoms with E-state index in [4.69, 9.17) is 11.0 Å². The summed E-state index contributed by atoms with van der Waals surface area (Å²) in [7, 11) is 1.21. The maximum absolute atomic E-state index is 10.9. The highest BCUT2D eigenvalue weighted by Gasteiger charge is 2.13. The maximum atomic E-state index is 10.9. The van der Waals surface area contributed by atoms with Gasteiger partial charge in [0, 0.05) is 0 Å². The van der Waals surface area contributed by atoms with Crippen molar-refractivity contribution in [3.63, 3.8) is 0 Å². The van der Waals surface area contributed by atoms with Crippen molar-refractivity contribution in [1.29, 1.82) is 5.26 Å². The van der Waals surface area contributed by atoms with E-state index in [1.807, 2.05) is 6.92 Å². The number of hydrogen-bond donors (Lipinski definition) is 1. The molecule has 0 spiro atoms. The molecule has 0 radical (unpaired) electrons. The third-order valence-corrected chi connectivity index (χ3v) is 1.85. The molecule has 0 aromatic heterocycles. The average Bonchev–Trinajstić information content (AvgIpc) is 2.06. The van der Waals surface area contributed by atoms with E-state index >= 15 is 0 Å². The van der Waals surface area contributed by atoms with Gasteiger partial charge >= 0.3 is 5.97 Å². The van der Waals surface area contributed by atoms with Crippen LogP contribution in [0.15, 0.2) is 10.6 Å². The third kappa shape index (κ3) is 2.84. The van der Waals surface area contributed by atoms with E-state index in [-0.39, 0.29) is 10.6 Å². The summed E-state index contributed by atoms with van der Waals surface area (Å²) in [6.45, 7) is 1.88. The molecule has 0 atom stereocenters. The van der Waals surface area contributed by atoms with Crippen LogP contribution < -0.4 is 5.73 Å². The molecule has 2 N–H and O–H groups in total. The molecule has 0 bridgehead atoms. The lowest BCUT2D eigenvalue weighted by Crippen LogP contribution is -2.09. The first kappa shape index (κ1) is 10.8. The van der Waals surface area contributed by atoms with Gasteiger partial charge in [-0.1, -0.05) is 6.92 Å². The number of carbonyl (C=O) groups is 1. The van der Waals surface area contributed by atoms with Gasteiger partial charge < -0.3 is 10.5 Å². The minimum Gasteiger partial charge on any atom is -0.465 e. The Morgan fingerprint density at radius 2 is 2.33 bits per heavy atom. The number of nitrogens with zero attached hydrogens (tertiary/aromatic N) is 1. The minimum absolute atomic E-state index is 0.121. The molecule has 5 heteroatoms. The summed E-state index contributed by atoms with van der Waals surface area (Å²) < 4.78 is 4.36. The number of ether oxygens (including phenoxy) is 1. The molecule has 4 nitrogen and oxygen atoms in total. The lowest BCUT2D eigenvalue weighted by molar-refractivity contribution is -0.135. The molecule has 0 saturated carbocycles. The summed E-state index contributed by atoms with van der Waals surface area (Å²) in [5.41, 5.74) is 5.31. The number of thioether (sulfide) groups is 1. The van der Waals surface area contributed by atoms with Crippen molar-refractivity contribution in [2.45, 2.75) is 6.92 Å². The molecule has 12 heavy (non-hydrogen) atoms. The second kappa shape index (κ2) is 5.49. The van der Waals surface area contributed by atoms with E-state index in [1.54, 1.807) is 6.07 Å². The third-order valence-electron chi connectivity index (χ3n) is 1.05. The largest absolute Gasteiger partial charge is 0.465 e. The van der Waals surface area contributed by atoms with Crippen molar-refractivity contribution in [3.05, 3.63) is 10.6 Å². The summed E-state index contributed by atoms with van der Waals surface area (Å²) in [4.78, 5) is 10.9. The first-order valence-corrected chi connectivity index (χ1v) is 4.26. The van der Waals surface area contributed by atoms with Crippen LogP contribution in [0.2, 0.25) is 0 Å². The number of methoxy groups -OCH3 is 1. The van der Waals surface area contributed by atoms with E-state index in [2.05, 4.69) is 4.74 Å². The molecule has 0 aliphatic carbocycles. The van der Waals surface area contributed by atoms with Gasteiger partial charge in [0.2, 0.25) is 0 Å². The summed E-state index contributed by atoms with van der Waals surface area (Å²) in [5, 5.41) is 8.74. The van der Waals surface area contributed by atoms with Gasteiger partial charge in [-0.15, -0.1) is 11.8 Å². The molecule has 0 heterocycles. The fraction of sp³-hybridized carbons (Fsp3) is 0.429. The number of hydrogen-bond acceptors (Lipinski definition) is 5. The van der Waals surface area contributed by atoms with Crippen LogP contribution in [0.1, 0.15) is 6.92 Å². The standard InChI is InChI=1S/C7H10N2O2S/c1-3-12-6(9)5(4-8)7(10)11-2/h3,9H2,1-2H3. The fourth-order valence-corrected chi connectivity index (χ4v) is 1.12. The normalized spacial score (nSPS) is 11.4. The van der Waals surface area contributed by atoms with Crippen LogP contribution in [-0.4, -0.2) is 18.8 Å². The van der Waals surface area contributed by atoms with Crippen LogP contribution in [0, 0.1) is 11.3 Å². The second-order valence-corrected chi connectivity index (χ2v) is 3.08. The Morgan fingerprint density at radius 1 is 1.75 bits per heavy atom. The first-order valence-electron chi connectivity index (χ1n) is 3.28. The summed E-state index contributed by atoms with van der Waals surface area (Å²) in [6, 6.07) is 1.70. The van der Waals surface area contributed by atoms with Gasteiger partial charge in [0.15, 0.2) is 5.57 Å². The number of esters is 1. The fourth-order valence-electron chi connectivity index (χ4n) is 0.531. The van der Waals surface area contributed by atoms with Gasteiger partial charge in [0.25, 0.3) is 0 Å². The first-order chi connectivity index (χ1) is 5.67. The Kier molecular flexibility index (Phi) is 4.97. The zero-order chi connectivity index (χ0) is 9.56. The van der Waals surface area contributed by atoms with Crippen molar-refractivity contribution >= 4 is 17.7 Å². The topological polar surface area (TPSA) is 76.1 Å². The van der Waals surface area contributed by atoms with Gasteiger partial charge in [0.1, 0.15) is 6.07 Å². The van der Waals surface area contributed by atoms with Crippen LogP contribution in [0.5, 0.6) is 0 Å². The monoisotopic (exact) mass is 186 g/mol. The van der Waals surface area contributed by atoms with Gasteiger partial charge in [-0.25, -0.2) is 4.79 Å². The van der Waals surface area contributed by atoms with Gasteiger partial charge in [-0.2, -0.15) is 5.26 Å². The Labute approximate surface area is 75.4 Å². The maximum Gasteiger partial charge on any atom is 0.351 e. The average molecular weight is 186 g/mol. The number of nitrogens with two attached hydrogens (primary N) is 1. The van der Waals surface area contributed by atoms with Crippen molar-refractivity contribution in [1.82, 2.24) is 0 Å². The molecule has 0 amide bonds. The molecule has 0 rings (SSSR count). The van der Waals surface area contributed by atoms with Crippen LogP contribution in [0.25, 0.3) is 0 Å². The van der Waals surface area contributed by atoms with E-state index in [9.17, 15) is 4.79 Å². The molecular weight excluding hydrogens is 176 g/mol. The SMILES string of the molecule is CCSC(N)=C(C#N)C(=O)OC. The Hall–Kier alpha value is -1.15. The molecule has 0 aromatic rings. The predicted molar refractivity (Wildman–Crippen MR) is 47.0 cm³/mol. The quantitative estimate of drug-likeness (QED) is 0.397. The Bertz CT molecular complexity index is 242. The van der Waals surface area contributed by atoms with E-state index in [0.717, 1.165) is 0 Å². The molecular formula is C7H10N2O2S. The molecule has 0 aliphatic rings. The predicted octanol–water partition coefficient (Wildman–Crippen LogP) is 0.606. The van der Waals surface area contributed by atoms with Crippen molar-refractivity contribution in [2.24, 2.45) is 5.73 Å². The van der Waals surface area contributed by atoms with Gasteiger partial charge in [0.05, 0.1) is 12.1 Å². The molecule has 0 fully saturated rings. The molecule has 0 aromatic carbocycles. The lowest BCUT2D eigenvalue weighted by Gasteiger charge is -2.00. The minimum atomic E-state index is -0.684. The molecule has 0 aliphatic heterocycles. The molecule has 0 unspecified atom stereocenters. The van der Waals surface area contributed by atoms with E-state index in [1.165, 1.54) is 18.9 Å². The van der Waals surface area contributed by atoms with Crippen LogP contribution in [-0.2, 0) is 9.53 Å². The van der Waals surface area contributed by atoms with Crippen molar-refractivity contribution in [2.75, 3.05) is 12.9 Å². The van der Waals surface area contributed by atoms with Gasteiger partial charge in [-0.05, 0) is 5.75 Å². The van der Waals surface area contributed by atoms with Crippen molar-refractivity contribution < 1.29 is 9.53 Å². The Morgan fingerprint density at radius 3 is 2.67 bits per heavy atom. The second-order valence-electron chi connectivity index (χ2n) is 1.78. The van der Waals surface area contributed by atoms with Gasteiger partial charge in [-0.3, -0.25) is 0 Å². The lowest BCUT2D eigenvalue weighted by atomic mass is 10.3. The summed E-state index contributed by atoms with van der Waals surface area (Å²) >= 11 is 1.24.